The molecular formula is C21H22F3N7O. The van der Waals surface area contributed by atoms with Crippen LogP contribution in [0.1, 0.15) is 12.0 Å². The maximum atomic E-state index is 13.6. The minimum Gasteiger partial charge on any atom is -0.378 e. The molecule has 0 aliphatic carbocycles. The van der Waals surface area contributed by atoms with Gasteiger partial charge in [-0.1, -0.05) is 6.07 Å². The third kappa shape index (κ3) is 4.39. The third-order valence-corrected chi connectivity index (χ3v) is 5.67. The Kier molecular flexibility index (Phi) is 5.66. The maximum absolute atomic E-state index is 13.6. The molecule has 2 aliphatic rings. The number of pyridine rings is 1. The molecule has 8 nitrogen and oxygen atoms in total. The summed E-state index contributed by atoms with van der Waals surface area (Å²) in [6, 6.07) is 9.08. The van der Waals surface area contributed by atoms with E-state index in [1.54, 1.807) is 12.1 Å². The number of halogens is 3. The van der Waals surface area contributed by atoms with Crippen molar-refractivity contribution in [3.05, 3.63) is 54.1 Å². The number of ether oxygens (including phenoxy) is 1. The van der Waals surface area contributed by atoms with Crippen LogP contribution >= 0.6 is 0 Å². The van der Waals surface area contributed by atoms with Gasteiger partial charge >= 0.3 is 0 Å². The normalized spacial score (nSPS) is 17.6. The summed E-state index contributed by atoms with van der Waals surface area (Å²) < 4.78 is 47.2. The molecule has 1 N–H and O–H groups in total. The molecule has 168 valence electrons. The van der Waals surface area contributed by atoms with Crippen LogP contribution in [-0.4, -0.2) is 70.1 Å². The molecule has 0 radical (unpaired) electrons. The Hall–Kier alpha value is -3.18. The zero-order valence-electron chi connectivity index (χ0n) is 17.2. The number of rotatable bonds is 6. The second kappa shape index (κ2) is 8.75. The van der Waals surface area contributed by atoms with Crippen molar-refractivity contribution in [3.8, 4) is 5.69 Å². The number of anilines is 3. The van der Waals surface area contributed by atoms with Crippen LogP contribution in [0.15, 0.2) is 42.7 Å². The van der Waals surface area contributed by atoms with Crippen LogP contribution in [0.4, 0.5) is 30.8 Å². The fraction of sp³-hybridized carbons (Fsp3) is 0.381. The first-order valence-corrected chi connectivity index (χ1v) is 10.4. The number of nitrogens with one attached hydrogen (secondary N) is 1. The SMILES string of the molecule is Fc1cccc(-n2cnc(Nc3cc(C(F)F)cc(N4CCN(C5COC5)CC4)n3)n2)c1. The molecule has 0 bridgehead atoms. The van der Waals surface area contributed by atoms with Gasteiger partial charge in [0.1, 0.15) is 23.8 Å². The van der Waals surface area contributed by atoms with E-state index < -0.39 is 12.2 Å². The second-order valence-electron chi connectivity index (χ2n) is 7.78. The minimum absolute atomic E-state index is 0.128. The molecule has 2 saturated heterocycles. The van der Waals surface area contributed by atoms with E-state index in [0.29, 0.717) is 30.6 Å². The van der Waals surface area contributed by atoms with Gasteiger partial charge in [0.15, 0.2) is 0 Å². The lowest BCUT2D eigenvalue weighted by Crippen LogP contribution is -2.56. The average molecular weight is 445 g/mol. The van der Waals surface area contributed by atoms with Gasteiger partial charge in [-0.05, 0) is 30.3 Å². The molecule has 2 fully saturated rings. The molecule has 2 aliphatic heterocycles. The van der Waals surface area contributed by atoms with Gasteiger partial charge in [0, 0.05) is 31.7 Å². The molecule has 4 heterocycles. The molecule has 0 amide bonds. The summed E-state index contributed by atoms with van der Waals surface area (Å²) in [5.41, 5.74) is 0.368. The predicted molar refractivity (Wildman–Crippen MR) is 112 cm³/mol. The zero-order chi connectivity index (χ0) is 22.1. The monoisotopic (exact) mass is 445 g/mol. The molecule has 0 spiro atoms. The van der Waals surface area contributed by atoms with Crippen LogP contribution in [0.25, 0.3) is 5.69 Å². The lowest BCUT2D eigenvalue weighted by molar-refractivity contribution is -0.0661. The van der Waals surface area contributed by atoms with Crippen molar-refractivity contribution in [3.63, 3.8) is 0 Å². The lowest BCUT2D eigenvalue weighted by Gasteiger charge is -2.42. The van der Waals surface area contributed by atoms with Gasteiger partial charge in [0.25, 0.3) is 6.43 Å². The van der Waals surface area contributed by atoms with Crippen molar-refractivity contribution in [2.75, 3.05) is 49.6 Å². The van der Waals surface area contributed by atoms with E-state index >= 15 is 0 Å². The lowest BCUT2D eigenvalue weighted by atomic mass is 10.1. The summed E-state index contributed by atoms with van der Waals surface area (Å²) in [5, 5.41) is 7.14. The van der Waals surface area contributed by atoms with Crippen molar-refractivity contribution in [1.29, 1.82) is 0 Å². The number of aromatic nitrogens is 4. The quantitative estimate of drug-likeness (QED) is 0.626. The molecule has 11 heteroatoms. The number of hydrogen-bond acceptors (Lipinski definition) is 7. The summed E-state index contributed by atoms with van der Waals surface area (Å²) in [5.74, 6) is 0.492. The molecule has 3 aromatic rings. The molecular weight excluding hydrogens is 423 g/mol. The maximum Gasteiger partial charge on any atom is 0.264 e. The highest BCUT2D eigenvalue weighted by Gasteiger charge is 2.29. The van der Waals surface area contributed by atoms with E-state index in [1.807, 2.05) is 4.90 Å². The predicted octanol–water partition coefficient (Wildman–Crippen LogP) is 3.00. The minimum atomic E-state index is -2.64. The van der Waals surface area contributed by atoms with Gasteiger partial charge in [0.2, 0.25) is 5.95 Å². The molecule has 0 unspecified atom stereocenters. The highest BCUT2D eigenvalue weighted by Crippen LogP contribution is 2.28. The number of nitrogens with zero attached hydrogens (tertiary/aromatic N) is 6. The van der Waals surface area contributed by atoms with Crippen LogP contribution in [0.2, 0.25) is 0 Å². The van der Waals surface area contributed by atoms with Crippen LogP contribution in [0.5, 0.6) is 0 Å². The van der Waals surface area contributed by atoms with Gasteiger partial charge in [-0.3, -0.25) is 4.90 Å². The largest absolute Gasteiger partial charge is 0.378 e. The van der Waals surface area contributed by atoms with Crippen LogP contribution < -0.4 is 10.2 Å². The molecule has 5 rings (SSSR count). The molecule has 1 aromatic carbocycles. The van der Waals surface area contributed by atoms with Crippen LogP contribution in [0, 0.1) is 5.82 Å². The third-order valence-electron chi connectivity index (χ3n) is 5.67. The Morgan fingerprint density at radius 1 is 1.06 bits per heavy atom. The number of hydrogen-bond donors (Lipinski definition) is 1. The topological polar surface area (TPSA) is 71.3 Å². The number of piperazine rings is 1. The first kappa shape index (κ1) is 20.7. The Bertz CT molecular complexity index is 1080. The Morgan fingerprint density at radius 2 is 1.88 bits per heavy atom. The second-order valence-corrected chi connectivity index (χ2v) is 7.78. The fourth-order valence-corrected chi connectivity index (χ4v) is 3.82. The summed E-state index contributed by atoms with van der Waals surface area (Å²) in [6.45, 7) is 4.56. The van der Waals surface area contributed by atoms with E-state index in [1.165, 1.54) is 35.3 Å². The number of alkyl halides is 2. The smallest absolute Gasteiger partial charge is 0.264 e. The van der Waals surface area contributed by atoms with Gasteiger partial charge in [-0.2, -0.15) is 4.98 Å². The van der Waals surface area contributed by atoms with E-state index in [0.717, 1.165) is 26.3 Å². The Balaban J connectivity index is 1.33. The fourth-order valence-electron chi connectivity index (χ4n) is 3.82. The van der Waals surface area contributed by atoms with E-state index in [9.17, 15) is 13.2 Å². The van der Waals surface area contributed by atoms with Crippen molar-refractivity contribution in [1.82, 2.24) is 24.6 Å². The van der Waals surface area contributed by atoms with Crippen molar-refractivity contribution < 1.29 is 17.9 Å². The first-order valence-electron chi connectivity index (χ1n) is 10.4. The van der Waals surface area contributed by atoms with Crippen molar-refractivity contribution in [2.45, 2.75) is 12.5 Å². The van der Waals surface area contributed by atoms with Crippen LogP contribution in [-0.2, 0) is 4.74 Å². The summed E-state index contributed by atoms with van der Waals surface area (Å²) >= 11 is 0. The highest BCUT2D eigenvalue weighted by atomic mass is 19.3. The van der Waals surface area contributed by atoms with E-state index in [-0.39, 0.29) is 17.3 Å². The summed E-state index contributed by atoms with van der Waals surface area (Å²) in [6.07, 6.45) is -1.22. The van der Waals surface area contributed by atoms with Gasteiger partial charge in [0.05, 0.1) is 24.9 Å². The van der Waals surface area contributed by atoms with E-state index in [2.05, 4.69) is 25.3 Å². The van der Waals surface area contributed by atoms with Gasteiger partial charge in [-0.25, -0.2) is 22.8 Å². The number of benzene rings is 1. The Labute approximate surface area is 182 Å². The highest BCUT2D eigenvalue weighted by molar-refractivity contribution is 5.56. The van der Waals surface area contributed by atoms with Gasteiger partial charge < -0.3 is 15.0 Å². The van der Waals surface area contributed by atoms with Gasteiger partial charge in [-0.15, -0.1) is 5.10 Å². The van der Waals surface area contributed by atoms with Crippen molar-refractivity contribution >= 4 is 17.6 Å². The molecule has 2 aromatic heterocycles. The molecule has 0 saturated carbocycles. The average Bonchev–Trinajstić information content (AvgIpc) is 3.21. The van der Waals surface area contributed by atoms with E-state index in [4.69, 9.17) is 4.74 Å². The molecule has 32 heavy (non-hydrogen) atoms. The summed E-state index contributed by atoms with van der Waals surface area (Å²) in [7, 11) is 0. The summed E-state index contributed by atoms with van der Waals surface area (Å²) in [4.78, 5) is 13.0. The van der Waals surface area contributed by atoms with Crippen molar-refractivity contribution in [2.24, 2.45) is 0 Å². The molecule has 0 atom stereocenters. The standard InChI is InChI=1S/C21H22F3N7O/c22-15-2-1-3-16(10-15)31-13-25-21(28-31)27-18-8-14(20(23)24)9-19(26-18)30-6-4-29(5-7-30)17-11-32-12-17/h1-3,8-10,13,17,20H,4-7,11-12H2,(H,26,27,28). The zero-order valence-corrected chi connectivity index (χ0v) is 17.2. The first-order chi connectivity index (χ1) is 15.5. The Morgan fingerprint density at radius 3 is 2.56 bits per heavy atom. The van der Waals surface area contributed by atoms with Crippen LogP contribution in [0.3, 0.4) is 0 Å².